The third-order valence-electron chi connectivity index (χ3n) is 0.565. The first kappa shape index (κ1) is 6.45. The molecule has 40 valence electrons. The zero-order chi connectivity index (χ0) is 5.70. The summed E-state index contributed by atoms with van der Waals surface area (Å²) >= 11 is 0. The lowest BCUT2D eigenvalue weighted by atomic mass is 10.6. The van der Waals surface area contributed by atoms with Crippen LogP contribution >= 0.6 is 0 Å². The Morgan fingerprint density at radius 2 is 2.43 bits per heavy atom. The van der Waals surface area contributed by atoms with Crippen LogP contribution in [0.1, 0.15) is 0 Å². The van der Waals surface area contributed by atoms with Crippen LogP contribution in [0.25, 0.3) is 0 Å². The normalized spacial score (nSPS) is 8.86. The molecule has 0 fully saturated rings. The fourth-order valence-corrected chi connectivity index (χ4v) is 0.198. The Balaban J connectivity index is 3.03. The standard InChI is InChI=1S/C5H8FN/c1-3-4-7(2)5-6/h1H,4-5H2,2H3. The Hall–Kier alpha value is -0.550. The van der Waals surface area contributed by atoms with E-state index in [4.69, 9.17) is 6.42 Å². The molecule has 0 aliphatic heterocycles. The molecule has 1 nitrogen and oxygen atoms in total. The minimum Gasteiger partial charge on any atom is -0.268 e. The highest BCUT2D eigenvalue weighted by Crippen LogP contribution is 1.77. The minimum absolute atomic E-state index is 0.385. The predicted molar refractivity (Wildman–Crippen MR) is 27.4 cm³/mol. The van der Waals surface area contributed by atoms with Gasteiger partial charge in [-0.05, 0) is 7.05 Å². The van der Waals surface area contributed by atoms with Gasteiger partial charge >= 0.3 is 0 Å². The first-order chi connectivity index (χ1) is 3.31. The van der Waals surface area contributed by atoms with Crippen molar-refractivity contribution < 1.29 is 4.39 Å². The van der Waals surface area contributed by atoms with Gasteiger partial charge in [-0.25, -0.2) is 4.39 Å². The summed E-state index contributed by atoms with van der Waals surface area (Å²) < 4.78 is 11.4. The molecule has 0 heterocycles. The quantitative estimate of drug-likeness (QED) is 0.361. The number of hydrogen-bond donors (Lipinski definition) is 0. The van der Waals surface area contributed by atoms with E-state index in [0.29, 0.717) is 6.54 Å². The summed E-state index contributed by atoms with van der Waals surface area (Å²) in [5, 5.41) is 0. The van der Waals surface area contributed by atoms with Crippen LogP contribution < -0.4 is 0 Å². The Bertz CT molecular complexity index is 74.6. The maximum atomic E-state index is 11.4. The Labute approximate surface area is 43.1 Å². The molecule has 0 rings (SSSR count). The van der Waals surface area contributed by atoms with E-state index in [1.165, 1.54) is 4.90 Å². The summed E-state index contributed by atoms with van der Waals surface area (Å²) in [6.07, 6.45) is 4.85. The second-order valence-electron chi connectivity index (χ2n) is 1.34. The molecular formula is C5H8FN. The van der Waals surface area contributed by atoms with E-state index in [1.54, 1.807) is 7.05 Å². The van der Waals surface area contributed by atoms with Crippen LogP contribution in [0.5, 0.6) is 0 Å². The fraction of sp³-hybridized carbons (Fsp3) is 0.600. The molecule has 0 aromatic rings. The summed E-state index contributed by atoms with van der Waals surface area (Å²) in [6, 6.07) is 0. The van der Waals surface area contributed by atoms with Crippen LogP contribution in [-0.2, 0) is 0 Å². The van der Waals surface area contributed by atoms with Gasteiger partial charge in [-0.3, -0.25) is 4.90 Å². The number of terminal acetylenes is 1. The van der Waals surface area contributed by atoms with E-state index < -0.39 is 6.80 Å². The SMILES string of the molecule is C#CCN(C)CF. The van der Waals surface area contributed by atoms with Gasteiger partial charge < -0.3 is 0 Å². The largest absolute Gasteiger partial charge is 0.268 e. The van der Waals surface area contributed by atoms with E-state index in [1.807, 2.05) is 0 Å². The summed E-state index contributed by atoms with van der Waals surface area (Å²) in [7, 11) is 1.62. The molecule has 0 spiro atoms. The molecule has 7 heavy (non-hydrogen) atoms. The van der Waals surface area contributed by atoms with Crippen LogP contribution in [0.4, 0.5) is 4.39 Å². The highest BCUT2D eigenvalue weighted by molar-refractivity contribution is 4.86. The van der Waals surface area contributed by atoms with E-state index in [9.17, 15) is 4.39 Å². The molecule has 0 saturated heterocycles. The van der Waals surface area contributed by atoms with E-state index in [2.05, 4.69) is 5.92 Å². The maximum absolute atomic E-state index is 11.4. The Morgan fingerprint density at radius 3 is 2.57 bits per heavy atom. The van der Waals surface area contributed by atoms with E-state index in [0.717, 1.165) is 0 Å². The van der Waals surface area contributed by atoms with Crippen molar-refractivity contribution in [3.8, 4) is 12.3 Å². The van der Waals surface area contributed by atoms with Crippen molar-refractivity contribution in [3.63, 3.8) is 0 Å². The minimum atomic E-state index is -0.468. The topological polar surface area (TPSA) is 3.24 Å². The molecule has 0 bridgehead atoms. The molecule has 0 unspecified atom stereocenters. The van der Waals surface area contributed by atoms with Crippen molar-refractivity contribution >= 4 is 0 Å². The van der Waals surface area contributed by atoms with Gasteiger partial charge in [-0.2, -0.15) is 0 Å². The van der Waals surface area contributed by atoms with Crippen molar-refractivity contribution in [1.82, 2.24) is 4.90 Å². The van der Waals surface area contributed by atoms with Crippen molar-refractivity contribution in [2.75, 3.05) is 20.4 Å². The van der Waals surface area contributed by atoms with Gasteiger partial charge in [-0.1, -0.05) is 5.92 Å². The zero-order valence-corrected chi connectivity index (χ0v) is 4.32. The van der Waals surface area contributed by atoms with Gasteiger partial charge in [-0.15, -0.1) is 6.42 Å². The molecular weight excluding hydrogens is 93.1 g/mol. The van der Waals surface area contributed by atoms with Crippen LogP contribution in [-0.4, -0.2) is 25.3 Å². The highest BCUT2D eigenvalue weighted by Gasteiger charge is 1.87. The van der Waals surface area contributed by atoms with E-state index >= 15 is 0 Å². The number of nitrogens with zero attached hydrogens (tertiary/aromatic N) is 1. The van der Waals surface area contributed by atoms with Gasteiger partial charge in [0.1, 0.15) is 6.80 Å². The molecule has 2 heteroatoms. The summed E-state index contributed by atoms with van der Waals surface area (Å²) in [6.45, 7) is -0.0826. The smallest absolute Gasteiger partial charge is 0.143 e. The number of alkyl halides is 1. The van der Waals surface area contributed by atoms with Crippen LogP contribution in [0.3, 0.4) is 0 Å². The summed E-state index contributed by atoms with van der Waals surface area (Å²) in [4.78, 5) is 1.40. The Morgan fingerprint density at radius 1 is 1.86 bits per heavy atom. The van der Waals surface area contributed by atoms with Gasteiger partial charge in [0.25, 0.3) is 0 Å². The maximum Gasteiger partial charge on any atom is 0.143 e. The number of rotatable bonds is 2. The zero-order valence-electron chi connectivity index (χ0n) is 4.32. The van der Waals surface area contributed by atoms with Crippen molar-refractivity contribution in [2.45, 2.75) is 0 Å². The monoisotopic (exact) mass is 101 g/mol. The lowest BCUT2D eigenvalue weighted by Gasteiger charge is -2.03. The second-order valence-corrected chi connectivity index (χ2v) is 1.34. The molecule has 0 amide bonds. The lowest BCUT2D eigenvalue weighted by Crippen LogP contribution is -2.16. The van der Waals surface area contributed by atoms with Crippen LogP contribution in [0, 0.1) is 12.3 Å². The van der Waals surface area contributed by atoms with E-state index in [-0.39, 0.29) is 0 Å². The van der Waals surface area contributed by atoms with Gasteiger partial charge in [0.15, 0.2) is 0 Å². The Kier molecular flexibility index (Phi) is 3.35. The third-order valence-corrected chi connectivity index (χ3v) is 0.565. The molecule has 0 aliphatic carbocycles. The fourth-order valence-electron chi connectivity index (χ4n) is 0.198. The van der Waals surface area contributed by atoms with Gasteiger partial charge in [0.2, 0.25) is 0 Å². The van der Waals surface area contributed by atoms with Crippen molar-refractivity contribution in [2.24, 2.45) is 0 Å². The lowest BCUT2D eigenvalue weighted by molar-refractivity contribution is 0.248. The number of halogens is 1. The number of hydrogen-bond acceptors (Lipinski definition) is 1. The third kappa shape index (κ3) is 3.28. The van der Waals surface area contributed by atoms with Crippen LogP contribution in [0.15, 0.2) is 0 Å². The highest BCUT2D eigenvalue weighted by atomic mass is 19.1. The molecule has 0 atom stereocenters. The molecule has 0 aromatic heterocycles. The average molecular weight is 101 g/mol. The van der Waals surface area contributed by atoms with Crippen molar-refractivity contribution in [1.29, 1.82) is 0 Å². The first-order valence-electron chi connectivity index (χ1n) is 1.99. The van der Waals surface area contributed by atoms with Gasteiger partial charge in [0.05, 0.1) is 6.54 Å². The second kappa shape index (κ2) is 3.63. The average Bonchev–Trinajstić information content (AvgIpc) is 1.68. The molecule has 0 aliphatic rings. The molecule has 0 radical (unpaired) electrons. The first-order valence-corrected chi connectivity index (χ1v) is 1.99. The van der Waals surface area contributed by atoms with Gasteiger partial charge in [0, 0.05) is 0 Å². The molecule has 0 aromatic carbocycles. The van der Waals surface area contributed by atoms with Crippen molar-refractivity contribution in [3.05, 3.63) is 0 Å². The summed E-state index contributed by atoms with van der Waals surface area (Å²) in [5.41, 5.74) is 0. The van der Waals surface area contributed by atoms with Crippen LogP contribution in [0.2, 0.25) is 0 Å². The summed E-state index contributed by atoms with van der Waals surface area (Å²) in [5.74, 6) is 2.30. The molecule has 0 saturated carbocycles. The molecule has 0 N–H and O–H groups in total. The predicted octanol–water partition coefficient (Wildman–Crippen LogP) is 0.478.